The molecule has 8 heteroatoms. The van der Waals surface area contributed by atoms with Gasteiger partial charge in [-0.1, -0.05) is 0 Å². The van der Waals surface area contributed by atoms with Crippen LogP contribution in [0.2, 0.25) is 0 Å². The number of nitrogens with one attached hydrogen (secondary N) is 1. The molecule has 2 aromatic rings. The molecule has 0 aliphatic carbocycles. The van der Waals surface area contributed by atoms with E-state index in [1.807, 2.05) is 13.8 Å². The summed E-state index contributed by atoms with van der Waals surface area (Å²) in [6.45, 7) is 4.95. The summed E-state index contributed by atoms with van der Waals surface area (Å²) in [5.41, 5.74) is 0.405. The van der Waals surface area contributed by atoms with Crippen LogP contribution in [0.1, 0.15) is 23.1 Å². The molecule has 0 aliphatic heterocycles. The van der Waals surface area contributed by atoms with Crippen molar-refractivity contribution in [3.05, 3.63) is 29.7 Å². The fraction of sp³-hybridized carbons (Fsp3) is 0.385. The zero-order valence-electron chi connectivity index (χ0n) is 11.8. The Hall–Kier alpha value is -1.93. The van der Waals surface area contributed by atoms with Crippen molar-refractivity contribution in [1.82, 2.24) is 20.2 Å². The quantitative estimate of drug-likeness (QED) is 0.616. The molecule has 112 valence electrons. The molecule has 2 heterocycles. The van der Waals surface area contributed by atoms with Crippen LogP contribution in [0.25, 0.3) is 0 Å². The summed E-state index contributed by atoms with van der Waals surface area (Å²) in [5, 5.41) is 8.06. The number of H-pyrrole nitrogens is 1. The summed E-state index contributed by atoms with van der Waals surface area (Å²) in [6.07, 6.45) is 1.48. The average Bonchev–Trinajstić information content (AvgIpc) is 2.89. The van der Waals surface area contributed by atoms with Gasteiger partial charge in [0.25, 0.3) is 0 Å². The summed E-state index contributed by atoms with van der Waals surface area (Å²) in [6, 6.07) is 3.40. The number of nitrogens with zero attached hydrogens (tertiary/aromatic N) is 3. The van der Waals surface area contributed by atoms with E-state index in [4.69, 9.17) is 9.47 Å². The molecule has 0 aliphatic rings. The molecule has 0 bridgehead atoms. The molecule has 21 heavy (non-hydrogen) atoms. The second kappa shape index (κ2) is 7.75. The van der Waals surface area contributed by atoms with Gasteiger partial charge >= 0.3 is 5.97 Å². The Bertz CT molecular complexity index is 585. The van der Waals surface area contributed by atoms with Gasteiger partial charge in [-0.05, 0) is 37.7 Å². The first-order chi connectivity index (χ1) is 10.2. The Morgan fingerprint density at radius 1 is 1.38 bits per heavy atom. The first-order valence-corrected chi connectivity index (χ1v) is 7.28. The smallest absolute Gasteiger partial charge is 0.339 e. The van der Waals surface area contributed by atoms with Crippen molar-refractivity contribution in [1.29, 1.82) is 0 Å². The number of pyridine rings is 1. The van der Waals surface area contributed by atoms with E-state index in [1.54, 1.807) is 12.1 Å². The Morgan fingerprint density at radius 3 is 2.86 bits per heavy atom. The van der Waals surface area contributed by atoms with E-state index in [1.165, 1.54) is 18.0 Å². The third kappa shape index (κ3) is 4.83. The van der Waals surface area contributed by atoms with Crippen LogP contribution in [-0.4, -0.2) is 46.0 Å². The van der Waals surface area contributed by atoms with Crippen LogP contribution < -0.4 is 0 Å². The van der Waals surface area contributed by atoms with Crippen molar-refractivity contribution < 1.29 is 14.3 Å². The summed E-state index contributed by atoms with van der Waals surface area (Å²) in [4.78, 5) is 20.1. The van der Waals surface area contributed by atoms with Gasteiger partial charge in [0.1, 0.15) is 17.5 Å². The fourth-order valence-electron chi connectivity index (χ4n) is 1.44. The lowest BCUT2D eigenvalue weighted by Gasteiger charge is -2.04. The lowest BCUT2D eigenvalue weighted by atomic mass is 10.3. The van der Waals surface area contributed by atoms with E-state index in [2.05, 4.69) is 20.2 Å². The number of hydrogen-bond acceptors (Lipinski definition) is 7. The molecule has 0 saturated carbocycles. The van der Waals surface area contributed by atoms with Crippen LogP contribution in [0.4, 0.5) is 0 Å². The Labute approximate surface area is 126 Å². The average molecular weight is 308 g/mol. The number of carbonyl (C=O) groups is 1. The zero-order valence-corrected chi connectivity index (χ0v) is 12.6. The second-order valence-corrected chi connectivity index (χ2v) is 5.01. The Morgan fingerprint density at radius 2 is 2.24 bits per heavy atom. The van der Waals surface area contributed by atoms with E-state index in [0.717, 1.165) is 5.82 Å². The highest BCUT2D eigenvalue weighted by Crippen LogP contribution is 2.22. The summed E-state index contributed by atoms with van der Waals surface area (Å²) >= 11 is 1.32. The van der Waals surface area contributed by atoms with Gasteiger partial charge in [-0.25, -0.2) is 14.8 Å². The molecule has 0 radical (unpaired) electrons. The van der Waals surface area contributed by atoms with E-state index in [9.17, 15) is 4.79 Å². The van der Waals surface area contributed by atoms with Crippen molar-refractivity contribution in [2.75, 3.05) is 19.8 Å². The molecule has 1 N–H and O–H groups in total. The molecular weight excluding hydrogens is 292 g/mol. The van der Waals surface area contributed by atoms with Crippen LogP contribution in [0.15, 0.2) is 28.5 Å². The molecule has 2 aromatic heterocycles. The van der Waals surface area contributed by atoms with Gasteiger partial charge in [-0.15, -0.1) is 5.10 Å². The predicted octanol–water partition coefficient (Wildman–Crippen LogP) is 1.85. The number of esters is 1. The maximum atomic E-state index is 11.7. The fourth-order valence-corrected chi connectivity index (χ4v) is 2.15. The molecule has 0 unspecified atom stereocenters. The summed E-state index contributed by atoms with van der Waals surface area (Å²) in [5.74, 6) is 0.333. The second-order valence-electron chi connectivity index (χ2n) is 4.02. The maximum Gasteiger partial charge on any atom is 0.339 e. The van der Waals surface area contributed by atoms with Crippen LogP contribution in [0, 0.1) is 6.92 Å². The van der Waals surface area contributed by atoms with Crippen molar-refractivity contribution in [2.24, 2.45) is 0 Å². The first-order valence-electron chi connectivity index (χ1n) is 6.47. The first kappa shape index (κ1) is 15.5. The Kier molecular flexibility index (Phi) is 5.70. The standard InChI is InChI=1S/C13H16N4O3S/c1-3-19-6-7-20-12(18)10-4-5-11(14-8-10)21-13-15-9(2)16-17-13/h4-5,8H,3,6-7H2,1-2H3,(H,15,16,17). The highest BCUT2D eigenvalue weighted by Gasteiger charge is 2.09. The van der Waals surface area contributed by atoms with Crippen LogP contribution in [0.3, 0.4) is 0 Å². The van der Waals surface area contributed by atoms with Gasteiger partial charge in [-0.2, -0.15) is 0 Å². The molecule has 0 spiro atoms. The van der Waals surface area contributed by atoms with E-state index >= 15 is 0 Å². The van der Waals surface area contributed by atoms with Gasteiger partial charge in [0.05, 0.1) is 12.2 Å². The Balaban J connectivity index is 1.87. The topological polar surface area (TPSA) is 90.0 Å². The monoisotopic (exact) mass is 308 g/mol. The molecule has 0 amide bonds. The number of carbonyl (C=O) groups excluding carboxylic acids is 1. The summed E-state index contributed by atoms with van der Waals surface area (Å²) < 4.78 is 10.1. The molecule has 7 nitrogen and oxygen atoms in total. The predicted molar refractivity (Wildman–Crippen MR) is 76.3 cm³/mol. The minimum absolute atomic E-state index is 0.236. The number of aryl methyl sites for hydroxylation is 1. The van der Waals surface area contributed by atoms with E-state index in [0.29, 0.717) is 29.0 Å². The maximum absolute atomic E-state index is 11.7. The number of aromatic nitrogens is 4. The molecule has 0 fully saturated rings. The summed E-state index contributed by atoms with van der Waals surface area (Å²) in [7, 11) is 0. The number of aromatic amines is 1. The highest BCUT2D eigenvalue weighted by molar-refractivity contribution is 7.99. The molecule has 2 rings (SSSR count). The molecule has 0 atom stereocenters. The third-order valence-electron chi connectivity index (χ3n) is 2.41. The molecule has 0 aromatic carbocycles. The number of ether oxygens (including phenoxy) is 2. The zero-order chi connectivity index (χ0) is 15.1. The van der Waals surface area contributed by atoms with Gasteiger partial charge in [0.15, 0.2) is 0 Å². The van der Waals surface area contributed by atoms with Gasteiger partial charge < -0.3 is 9.47 Å². The lowest BCUT2D eigenvalue weighted by Crippen LogP contribution is -2.11. The van der Waals surface area contributed by atoms with Crippen molar-refractivity contribution in [2.45, 2.75) is 24.0 Å². The van der Waals surface area contributed by atoms with Crippen molar-refractivity contribution in [3.8, 4) is 0 Å². The number of rotatable bonds is 7. The molecule has 0 saturated heterocycles. The minimum atomic E-state index is -0.410. The van der Waals surface area contributed by atoms with Crippen LogP contribution >= 0.6 is 11.8 Å². The molecular formula is C13H16N4O3S. The van der Waals surface area contributed by atoms with Gasteiger partial charge in [0.2, 0.25) is 5.16 Å². The van der Waals surface area contributed by atoms with Gasteiger partial charge in [-0.3, -0.25) is 5.10 Å². The van der Waals surface area contributed by atoms with Crippen molar-refractivity contribution in [3.63, 3.8) is 0 Å². The SMILES string of the molecule is CCOCCOC(=O)c1ccc(Sc2n[nH]c(C)n2)nc1. The minimum Gasteiger partial charge on any atom is -0.460 e. The number of hydrogen-bond donors (Lipinski definition) is 1. The van der Waals surface area contributed by atoms with Gasteiger partial charge in [0, 0.05) is 12.8 Å². The van der Waals surface area contributed by atoms with E-state index in [-0.39, 0.29) is 6.61 Å². The normalized spacial score (nSPS) is 10.6. The lowest BCUT2D eigenvalue weighted by molar-refractivity contribution is 0.0335. The highest BCUT2D eigenvalue weighted by atomic mass is 32.2. The third-order valence-corrected chi connectivity index (χ3v) is 3.23. The van der Waals surface area contributed by atoms with E-state index < -0.39 is 5.97 Å². The van der Waals surface area contributed by atoms with Crippen molar-refractivity contribution >= 4 is 17.7 Å². The largest absolute Gasteiger partial charge is 0.460 e. The van der Waals surface area contributed by atoms with Crippen LogP contribution in [0.5, 0.6) is 0 Å². The van der Waals surface area contributed by atoms with Crippen LogP contribution in [-0.2, 0) is 9.47 Å².